The fourth-order valence-electron chi connectivity index (χ4n) is 1.48. The van der Waals surface area contributed by atoms with Crippen LogP contribution in [0.4, 0.5) is 0 Å². The molecule has 0 saturated heterocycles. The van der Waals surface area contributed by atoms with E-state index in [9.17, 15) is 4.79 Å². The van der Waals surface area contributed by atoms with Crippen molar-refractivity contribution < 1.29 is 9.53 Å². The standard InChI is InChI=1S/C15H20O2/c1-11(10-17-12(2)16)13-6-8-14(9-7-13)15(3,4)5/h6-9H,1,10H2,2-5H3. The topological polar surface area (TPSA) is 26.3 Å². The van der Waals surface area contributed by atoms with Gasteiger partial charge in [0.05, 0.1) is 0 Å². The molecule has 0 bridgehead atoms. The van der Waals surface area contributed by atoms with Crippen LogP contribution in [-0.4, -0.2) is 12.6 Å². The number of carbonyl (C=O) groups is 1. The summed E-state index contributed by atoms with van der Waals surface area (Å²) in [6.45, 7) is 12.1. The average Bonchev–Trinajstić information content (AvgIpc) is 2.25. The quantitative estimate of drug-likeness (QED) is 0.745. The molecule has 0 aliphatic heterocycles. The smallest absolute Gasteiger partial charge is 0.302 e. The first-order chi connectivity index (χ1) is 7.80. The highest BCUT2D eigenvalue weighted by Gasteiger charge is 2.13. The molecule has 2 heteroatoms. The molecule has 0 aromatic heterocycles. The molecule has 0 radical (unpaired) electrons. The second-order valence-electron chi connectivity index (χ2n) is 5.21. The van der Waals surface area contributed by atoms with Crippen LogP contribution in [0.3, 0.4) is 0 Å². The fraction of sp³-hybridized carbons (Fsp3) is 0.400. The molecule has 1 aromatic rings. The van der Waals surface area contributed by atoms with E-state index in [4.69, 9.17) is 4.74 Å². The van der Waals surface area contributed by atoms with Gasteiger partial charge >= 0.3 is 5.97 Å². The molecule has 0 amide bonds. The van der Waals surface area contributed by atoms with Crippen molar-refractivity contribution in [2.24, 2.45) is 0 Å². The van der Waals surface area contributed by atoms with Crippen LogP contribution in [-0.2, 0) is 14.9 Å². The van der Waals surface area contributed by atoms with Gasteiger partial charge in [0.2, 0.25) is 0 Å². The molecule has 0 spiro atoms. The summed E-state index contributed by atoms with van der Waals surface area (Å²) in [7, 11) is 0. The SMILES string of the molecule is C=C(COC(C)=O)c1ccc(C(C)(C)C)cc1. The van der Waals surface area contributed by atoms with Crippen LogP contribution < -0.4 is 0 Å². The number of rotatable bonds is 3. The van der Waals surface area contributed by atoms with Gasteiger partial charge in [0.25, 0.3) is 0 Å². The summed E-state index contributed by atoms with van der Waals surface area (Å²) in [5.41, 5.74) is 3.26. The summed E-state index contributed by atoms with van der Waals surface area (Å²) >= 11 is 0. The first kappa shape index (κ1) is 13.5. The molecule has 17 heavy (non-hydrogen) atoms. The number of hydrogen-bond donors (Lipinski definition) is 0. The highest BCUT2D eigenvalue weighted by atomic mass is 16.5. The van der Waals surface area contributed by atoms with E-state index >= 15 is 0 Å². The molecule has 0 aliphatic rings. The Morgan fingerprint density at radius 1 is 1.24 bits per heavy atom. The Labute approximate surface area is 103 Å². The molecular weight excluding hydrogens is 212 g/mol. The number of ether oxygens (including phenoxy) is 1. The van der Waals surface area contributed by atoms with Crippen LogP contribution in [0.2, 0.25) is 0 Å². The zero-order valence-corrected chi connectivity index (χ0v) is 11.0. The Balaban J connectivity index is 2.74. The van der Waals surface area contributed by atoms with Crippen molar-refractivity contribution in [1.29, 1.82) is 0 Å². The number of carbonyl (C=O) groups excluding carboxylic acids is 1. The second-order valence-corrected chi connectivity index (χ2v) is 5.21. The summed E-state index contributed by atoms with van der Waals surface area (Å²) in [5, 5.41) is 0. The third kappa shape index (κ3) is 4.06. The van der Waals surface area contributed by atoms with Crippen LogP contribution in [0.1, 0.15) is 38.8 Å². The van der Waals surface area contributed by atoms with Gasteiger partial charge in [-0.2, -0.15) is 0 Å². The van der Waals surface area contributed by atoms with Gasteiger partial charge in [-0.15, -0.1) is 0 Å². The van der Waals surface area contributed by atoms with Crippen molar-refractivity contribution in [1.82, 2.24) is 0 Å². The zero-order chi connectivity index (χ0) is 13.1. The average molecular weight is 232 g/mol. The molecule has 2 nitrogen and oxygen atoms in total. The summed E-state index contributed by atoms with van der Waals surface area (Å²) < 4.78 is 4.92. The van der Waals surface area contributed by atoms with E-state index in [1.54, 1.807) is 0 Å². The van der Waals surface area contributed by atoms with E-state index in [1.165, 1.54) is 12.5 Å². The minimum Gasteiger partial charge on any atom is -0.461 e. The van der Waals surface area contributed by atoms with Gasteiger partial charge in [-0.25, -0.2) is 0 Å². The van der Waals surface area contributed by atoms with Crippen molar-refractivity contribution >= 4 is 11.5 Å². The summed E-state index contributed by atoms with van der Waals surface area (Å²) in [5.74, 6) is -0.280. The van der Waals surface area contributed by atoms with Crippen LogP contribution in [0.15, 0.2) is 30.8 Å². The predicted octanol–water partition coefficient (Wildman–Crippen LogP) is 3.56. The largest absolute Gasteiger partial charge is 0.461 e. The van der Waals surface area contributed by atoms with Gasteiger partial charge in [0, 0.05) is 6.92 Å². The first-order valence-corrected chi connectivity index (χ1v) is 5.73. The number of esters is 1. The Morgan fingerprint density at radius 2 is 1.76 bits per heavy atom. The lowest BCUT2D eigenvalue weighted by Gasteiger charge is -2.19. The van der Waals surface area contributed by atoms with Crippen LogP contribution >= 0.6 is 0 Å². The van der Waals surface area contributed by atoms with E-state index in [1.807, 2.05) is 12.1 Å². The zero-order valence-electron chi connectivity index (χ0n) is 11.0. The van der Waals surface area contributed by atoms with Crippen LogP contribution in [0.25, 0.3) is 5.57 Å². The monoisotopic (exact) mass is 232 g/mol. The summed E-state index contributed by atoms with van der Waals surface area (Å²) in [6.07, 6.45) is 0. The highest BCUT2D eigenvalue weighted by Crippen LogP contribution is 2.23. The summed E-state index contributed by atoms with van der Waals surface area (Å²) in [4.78, 5) is 10.7. The fourth-order valence-corrected chi connectivity index (χ4v) is 1.48. The Morgan fingerprint density at radius 3 is 2.18 bits per heavy atom. The normalized spacial score (nSPS) is 11.1. The molecule has 1 rings (SSSR count). The maximum absolute atomic E-state index is 10.7. The molecule has 0 atom stereocenters. The lowest BCUT2D eigenvalue weighted by molar-refractivity contribution is -0.139. The molecule has 0 saturated carbocycles. The van der Waals surface area contributed by atoms with Gasteiger partial charge in [-0.3, -0.25) is 4.79 Å². The Kier molecular flexibility index (Phi) is 4.11. The van der Waals surface area contributed by atoms with E-state index in [-0.39, 0.29) is 18.0 Å². The number of benzene rings is 1. The second kappa shape index (κ2) is 5.17. The molecule has 0 fully saturated rings. The first-order valence-electron chi connectivity index (χ1n) is 5.73. The molecule has 92 valence electrons. The van der Waals surface area contributed by atoms with Gasteiger partial charge in [-0.05, 0) is 22.1 Å². The maximum Gasteiger partial charge on any atom is 0.302 e. The van der Waals surface area contributed by atoms with E-state index in [0.29, 0.717) is 0 Å². The van der Waals surface area contributed by atoms with Crippen molar-refractivity contribution in [2.75, 3.05) is 6.61 Å². The molecule has 0 N–H and O–H groups in total. The predicted molar refractivity (Wildman–Crippen MR) is 70.8 cm³/mol. The van der Waals surface area contributed by atoms with Crippen LogP contribution in [0.5, 0.6) is 0 Å². The number of hydrogen-bond acceptors (Lipinski definition) is 2. The van der Waals surface area contributed by atoms with E-state index in [0.717, 1.165) is 11.1 Å². The van der Waals surface area contributed by atoms with Crippen molar-refractivity contribution in [2.45, 2.75) is 33.1 Å². The van der Waals surface area contributed by atoms with Gasteiger partial charge in [-0.1, -0.05) is 51.6 Å². The van der Waals surface area contributed by atoms with E-state index in [2.05, 4.69) is 39.5 Å². The lowest BCUT2D eigenvalue weighted by atomic mass is 9.86. The Bertz CT molecular complexity index is 408. The molecular formula is C15H20O2. The third-order valence-corrected chi connectivity index (χ3v) is 2.61. The minimum atomic E-state index is -0.280. The van der Waals surface area contributed by atoms with Gasteiger partial charge in [0.1, 0.15) is 6.61 Å². The van der Waals surface area contributed by atoms with Gasteiger partial charge in [0.15, 0.2) is 0 Å². The highest BCUT2D eigenvalue weighted by molar-refractivity contribution is 5.70. The van der Waals surface area contributed by atoms with Crippen LogP contribution in [0, 0.1) is 0 Å². The van der Waals surface area contributed by atoms with Gasteiger partial charge < -0.3 is 4.74 Å². The molecule has 0 aliphatic carbocycles. The molecule has 0 unspecified atom stereocenters. The van der Waals surface area contributed by atoms with Crippen molar-refractivity contribution in [3.63, 3.8) is 0 Å². The van der Waals surface area contributed by atoms with Crippen molar-refractivity contribution in [3.8, 4) is 0 Å². The maximum atomic E-state index is 10.7. The Hall–Kier alpha value is -1.57. The third-order valence-electron chi connectivity index (χ3n) is 2.61. The van der Waals surface area contributed by atoms with E-state index < -0.39 is 0 Å². The molecule has 1 aromatic carbocycles. The van der Waals surface area contributed by atoms with Crippen molar-refractivity contribution in [3.05, 3.63) is 42.0 Å². The summed E-state index contributed by atoms with van der Waals surface area (Å²) in [6, 6.07) is 8.22. The minimum absolute atomic E-state index is 0.149. The lowest BCUT2D eigenvalue weighted by Crippen LogP contribution is -2.10. The molecule has 0 heterocycles.